The number of rotatable bonds is 4. The second kappa shape index (κ2) is 9.10. The topological polar surface area (TPSA) is 110 Å². The first-order chi connectivity index (χ1) is 17.5. The van der Waals surface area contributed by atoms with Crippen LogP contribution in [0.5, 0.6) is 0 Å². The Morgan fingerprint density at radius 1 is 1.03 bits per heavy atom. The van der Waals surface area contributed by atoms with Crippen LogP contribution >= 0.6 is 0 Å². The summed E-state index contributed by atoms with van der Waals surface area (Å²) in [5.74, 6) is -0.0293. The fourth-order valence-corrected chi connectivity index (χ4v) is 4.76. The molecule has 1 aliphatic rings. The Balaban J connectivity index is 1.43. The number of aryl methyl sites for hydroxylation is 2. The largest absolute Gasteiger partial charge is 0.417 e. The Hall–Kier alpha value is -4.08. The van der Waals surface area contributed by atoms with Crippen molar-refractivity contribution in [1.29, 1.82) is 0 Å². The Bertz CT molecular complexity index is 1480. The lowest BCUT2D eigenvalue weighted by molar-refractivity contribution is 0.0150. The molecule has 10 nitrogen and oxygen atoms in total. The lowest BCUT2D eigenvalue weighted by Gasteiger charge is -2.46. The molecule has 1 aromatic carbocycles. The first-order valence-electron chi connectivity index (χ1n) is 12.4. The van der Waals surface area contributed by atoms with E-state index in [0.29, 0.717) is 36.9 Å². The summed E-state index contributed by atoms with van der Waals surface area (Å²) in [6.07, 6.45) is 1.70. The van der Waals surface area contributed by atoms with E-state index in [2.05, 4.69) is 61.3 Å². The van der Waals surface area contributed by atoms with E-state index in [4.69, 9.17) is 14.5 Å². The van der Waals surface area contributed by atoms with Gasteiger partial charge in [-0.2, -0.15) is 5.10 Å². The SMILES string of the molecule is Cc1ccc(-c2cc(C(C)C)c3nc(C(=O)N4CCN(C(=O)c5nnc(C)o5)CC4(C)C)cn3n2)cc1. The van der Waals surface area contributed by atoms with Crippen LogP contribution in [-0.4, -0.2) is 71.6 Å². The summed E-state index contributed by atoms with van der Waals surface area (Å²) in [5.41, 5.74) is 4.42. The van der Waals surface area contributed by atoms with Gasteiger partial charge in [0.1, 0.15) is 5.69 Å². The highest BCUT2D eigenvalue weighted by Gasteiger charge is 2.40. The molecule has 0 spiro atoms. The number of hydrogen-bond acceptors (Lipinski definition) is 7. The number of carbonyl (C=O) groups excluding carboxylic acids is 2. The Morgan fingerprint density at radius 3 is 2.38 bits per heavy atom. The van der Waals surface area contributed by atoms with Gasteiger partial charge < -0.3 is 14.2 Å². The highest BCUT2D eigenvalue weighted by Crippen LogP contribution is 2.28. The number of fused-ring (bicyclic) bond motifs is 1. The van der Waals surface area contributed by atoms with Gasteiger partial charge in [0.15, 0.2) is 5.65 Å². The van der Waals surface area contributed by atoms with Gasteiger partial charge in [-0.3, -0.25) is 9.59 Å². The average Bonchev–Trinajstić information content (AvgIpc) is 3.48. The highest BCUT2D eigenvalue weighted by atomic mass is 16.4. The van der Waals surface area contributed by atoms with Gasteiger partial charge in [0, 0.05) is 37.7 Å². The zero-order chi connectivity index (χ0) is 26.5. The molecular weight excluding hydrogens is 470 g/mol. The number of hydrogen-bond donors (Lipinski definition) is 0. The molecule has 1 fully saturated rings. The van der Waals surface area contributed by atoms with Gasteiger partial charge in [-0.1, -0.05) is 43.7 Å². The molecule has 0 saturated carbocycles. The predicted molar refractivity (Wildman–Crippen MR) is 137 cm³/mol. The van der Waals surface area contributed by atoms with E-state index in [1.54, 1.807) is 27.4 Å². The Kier molecular flexibility index (Phi) is 6.05. The van der Waals surface area contributed by atoms with Crippen LogP contribution in [0.2, 0.25) is 0 Å². The fourth-order valence-electron chi connectivity index (χ4n) is 4.76. The number of piperazine rings is 1. The summed E-state index contributed by atoms with van der Waals surface area (Å²) in [6, 6.07) is 10.3. The van der Waals surface area contributed by atoms with E-state index in [0.717, 1.165) is 16.8 Å². The number of nitrogens with zero attached hydrogens (tertiary/aromatic N) is 7. The highest BCUT2D eigenvalue weighted by molar-refractivity contribution is 5.94. The van der Waals surface area contributed by atoms with Gasteiger partial charge in [0.2, 0.25) is 5.89 Å². The molecule has 0 aliphatic carbocycles. The molecule has 192 valence electrons. The van der Waals surface area contributed by atoms with Crippen molar-refractivity contribution >= 4 is 17.5 Å². The third kappa shape index (κ3) is 4.59. The third-order valence-corrected chi connectivity index (χ3v) is 6.79. The van der Waals surface area contributed by atoms with Crippen LogP contribution in [0.1, 0.15) is 71.8 Å². The van der Waals surface area contributed by atoms with E-state index < -0.39 is 5.54 Å². The summed E-state index contributed by atoms with van der Waals surface area (Å²) < 4.78 is 7.02. The predicted octanol–water partition coefficient (Wildman–Crippen LogP) is 3.90. The van der Waals surface area contributed by atoms with Crippen LogP contribution in [-0.2, 0) is 0 Å². The van der Waals surface area contributed by atoms with Crippen LogP contribution in [0.3, 0.4) is 0 Å². The standard InChI is InChI=1S/C27H31N7O3/c1-16(2)20-13-21(19-9-7-17(3)8-10-19)31-34-14-22(28-23(20)34)25(35)33-12-11-32(15-27(33,5)6)26(36)24-30-29-18(4)37-24/h7-10,13-14,16H,11-12,15H2,1-6H3. The van der Waals surface area contributed by atoms with Crippen molar-refractivity contribution < 1.29 is 14.0 Å². The molecule has 0 radical (unpaired) electrons. The average molecular weight is 502 g/mol. The van der Waals surface area contributed by atoms with E-state index in [9.17, 15) is 9.59 Å². The van der Waals surface area contributed by atoms with Crippen molar-refractivity contribution in [3.05, 3.63) is 65.1 Å². The summed E-state index contributed by atoms with van der Waals surface area (Å²) in [6.45, 7) is 12.8. The molecule has 5 rings (SSSR count). The Morgan fingerprint density at radius 2 is 1.76 bits per heavy atom. The summed E-state index contributed by atoms with van der Waals surface area (Å²) in [7, 11) is 0. The second-order valence-corrected chi connectivity index (χ2v) is 10.5. The molecular formula is C27H31N7O3. The molecule has 4 heterocycles. The van der Waals surface area contributed by atoms with E-state index in [-0.39, 0.29) is 23.6 Å². The quantitative estimate of drug-likeness (QED) is 0.417. The van der Waals surface area contributed by atoms with Gasteiger partial charge in [-0.25, -0.2) is 9.50 Å². The lowest BCUT2D eigenvalue weighted by atomic mass is 9.98. The molecule has 0 N–H and O–H groups in total. The molecule has 3 aromatic heterocycles. The van der Waals surface area contributed by atoms with Crippen molar-refractivity contribution in [2.24, 2.45) is 0 Å². The molecule has 0 bridgehead atoms. The number of aromatic nitrogens is 5. The first kappa shape index (κ1) is 24.6. The maximum atomic E-state index is 13.7. The molecule has 4 aromatic rings. The van der Waals surface area contributed by atoms with Crippen LogP contribution < -0.4 is 0 Å². The first-order valence-corrected chi connectivity index (χ1v) is 12.4. The molecule has 2 amide bonds. The van der Waals surface area contributed by atoms with E-state index >= 15 is 0 Å². The summed E-state index contributed by atoms with van der Waals surface area (Å²) in [4.78, 5) is 34.7. The van der Waals surface area contributed by atoms with Gasteiger partial charge >= 0.3 is 11.8 Å². The van der Waals surface area contributed by atoms with Crippen LogP contribution in [0, 0.1) is 13.8 Å². The smallest absolute Gasteiger partial charge is 0.311 e. The van der Waals surface area contributed by atoms with Gasteiger partial charge in [0.25, 0.3) is 5.91 Å². The minimum absolute atomic E-state index is 0.0369. The van der Waals surface area contributed by atoms with Crippen molar-refractivity contribution in [2.45, 2.75) is 53.0 Å². The number of carbonyl (C=O) groups is 2. The Labute approximate surface area is 215 Å². The molecule has 1 aliphatic heterocycles. The summed E-state index contributed by atoms with van der Waals surface area (Å²) >= 11 is 0. The molecule has 1 saturated heterocycles. The second-order valence-electron chi connectivity index (χ2n) is 10.5. The maximum Gasteiger partial charge on any atom is 0.311 e. The van der Waals surface area contributed by atoms with Crippen molar-refractivity contribution in [3.63, 3.8) is 0 Å². The van der Waals surface area contributed by atoms with Gasteiger partial charge in [-0.15, -0.1) is 10.2 Å². The monoisotopic (exact) mass is 501 g/mol. The van der Waals surface area contributed by atoms with Crippen molar-refractivity contribution in [1.82, 2.24) is 34.6 Å². The maximum absolute atomic E-state index is 13.7. The molecule has 37 heavy (non-hydrogen) atoms. The zero-order valence-corrected chi connectivity index (χ0v) is 22.0. The fraction of sp³-hybridized carbons (Fsp3) is 0.407. The van der Waals surface area contributed by atoms with Gasteiger partial charge in [0.05, 0.1) is 17.4 Å². The van der Waals surface area contributed by atoms with Crippen molar-refractivity contribution in [3.8, 4) is 11.3 Å². The summed E-state index contributed by atoms with van der Waals surface area (Å²) in [5, 5.41) is 12.4. The minimum Gasteiger partial charge on any atom is -0.417 e. The van der Waals surface area contributed by atoms with Crippen LogP contribution in [0.4, 0.5) is 0 Å². The third-order valence-electron chi connectivity index (χ3n) is 6.79. The molecule has 0 unspecified atom stereocenters. The molecule has 10 heteroatoms. The lowest BCUT2D eigenvalue weighted by Crippen LogP contribution is -2.62. The van der Waals surface area contributed by atoms with Crippen LogP contribution in [0.15, 0.2) is 40.9 Å². The minimum atomic E-state index is -0.628. The molecule has 0 atom stereocenters. The number of imidazole rings is 1. The normalized spacial score (nSPS) is 15.5. The number of amides is 2. The van der Waals surface area contributed by atoms with E-state index in [1.807, 2.05) is 13.8 Å². The van der Waals surface area contributed by atoms with Crippen LogP contribution in [0.25, 0.3) is 16.9 Å². The van der Waals surface area contributed by atoms with Crippen molar-refractivity contribution in [2.75, 3.05) is 19.6 Å². The van der Waals surface area contributed by atoms with E-state index in [1.165, 1.54) is 5.56 Å². The number of benzene rings is 1. The zero-order valence-electron chi connectivity index (χ0n) is 22.0. The van der Waals surface area contributed by atoms with Gasteiger partial charge in [-0.05, 0) is 32.8 Å².